The number of β-lactam (4-membered cyclic amide) rings is 1. The molecule has 38 heavy (non-hydrogen) atoms. The third-order valence-electron chi connectivity index (χ3n) is 7.22. The molecule has 1 aliphatic carbocycles. The Labute approximate surface area is 225 Å². The summed E-state index contributed by atoms with van der Waals surface area (Å²) in [5.74, 6) is -0.396. The monoisotopic (exact) mass is 534 g/mol. The van der Waals surface area contributed by atoms with Crippen molar-refractivity contribution in [1.82, 2.24) is 10.2 Å². The number of methoxy groups -OCH3 is 1. The van der Waals surface area contributed by atoms with Crippen LogP contribution in [0.25, 0.3) is 0 Å². The van der Waals surface area contributed by atoms with Gasteiger partial charge in [-0.1, -0.05) is 48.9 Å². The molecule has 8 nitrogen and oxygen atoms in total. The lowest BCUT2D eigenvalue weighted by molar-refractivity contribution is -0.153. The fourth-order valence-electron chi connectivity index (χ4n) is 5.19. The fourth-order valence-corrected chi connectivity index (χ4v) is 6.62. The number of carbonyl (C=O) groups excluding carboxylic acids is 4. The lowest BCUT2D eigenvalue weighted by Crippen LogP contribution is -2.71. The summed E-state index contributed by atoms with van der Waals surface area (Å²) in [6, 6.07) is 15.8. The minimum atomic E-state index is -0.732. The summed E-state index contributed by atoms with van der Waals surface area (Å²) in [4.78, 5) is 53.7. The predicted octanol–water partition coefficient (Wildman–Crippen LogP) is 3.39. The number of esters is 1. The zero-order valence-corrected chi connectivity index (χ0v) is 22.0. The number of ketones is 1. The highest BCUT2D eigenvalue weighted by Crippen LogP contribution is 2.44. The first kappa shape index (κ1) is 26.0. The molecule has 0 aromatic heterocycles. The van der Waals surface area contributed by atoms with Gasteiger partial charge in [-0.15, -0.1) is 11.8 Å². The SMILES string of the molecule is COc1ccc(COC(=O)C2=C(C3CCCCC3=O)CS[C@@H]3[C@H](NC(=O)Cc4ccccc4)C(=O)N23)cc1. The molecule has 0 bridgehead atoms. The molecule has 2 aromatic rings. The molecule has 5 rings (SSSR count). The van der Waals surface area contributed by atoms with E-state index in [4.69, 9.17) is 9.47 Å². The second-order valence-corrected chi connectivity index (χ2v) is 10.8. The Balaban J connectivity index is 1.34. The Morgan fingerprint density at radius 3 is 2.50 bits per heavy atom. The number of amides is 2. The van der Waals surface area contributed by atoms with E-state index < -0.39 is 17.4 Å². The second kappa shape index (κ2) is 11.4. The summed E-state index contributed by atoms with van der Waals surface area (Å²) in [6.07, 6.45) is 3.04. The molecule has 2 amide bonds. The van der Waals surface area contributed by atoms with Crippen molar-refractivity contribution in [2.24, 2.45) is 5.92 Å². The number of fused-ring (bicyclic) bond motifs is 1. The Kier molecular flexibility index (Phi) is 7.83. The Morgan fingerprint density at radius 2 is 1.79 bits per heavy atom. The van der Waals surface area contributed by atoms with Crippen molar-refractivity contribution in [3.8, 4) is 5.75 Å². The molecule has 0 radical (unpaired) electrons. The zero-order valence-electron chi connectivity index (χ0n) is 21.2. The maximum absolute atomic E-state index is 13.5. The van der Waals surface area contributed by atoms with Crippen molar-refractivity contribution >= 4 is 35.3 Å². The van der Waals surface area contributed by atoms with Crippen LogP contribution in [0.5, 0.6) is 5.75 Å². The fraction of sp³-hybridized carbons (Fsp3) is 0.379. The normalized spacial score (nSPS) is 22.9. The molecule has 0 spiro atoms. The molecule has 2 fully saturated rings. The summed E-state index contributed by atoms with van der Waals surface area (Å²) in [5, 5.41) is 2.42. The van der Waals surface area contributed by atoms with Crippen LogP contribution < -0.4 is 10.1 Å². The summed E-state index contributed by atoms with van der Waals surface area (Å²) in [5.41, 5.74) is 2.46. The number of benzene rings is 2. The van der Waals surface area contributed by atoms with E-state index >= 15 is 0 Å². The number of nitrogens with zero attached hydrogens (tertiary/aromatic N) is 1. The van der Waals surface area contributed by atoms with Gasteiger partial charge in [0.25, 0.3) is 5.91 Å². The van der Waals surface area contributed by atoms with Gasteiger partial charge in [0.05, 0.1) is 13.5 Å². The topological polar surface area (TPSA) is 102 Å². The van der Waals surface area contributed by atoms with Gasteiger partial charge in [0.15, 0.2) is 0 Å². The summed E-state index contributed by atoms with van der Waals surface area (Å²) in [6.45, 7) is 0.0231. The summed E-state index contributed by atoms with van der Waals surface area (Å²) < 4.78 is 10.8. The van der Waals surface area contributed by atoms with Crippen LogP contribution in [0.4, 0.5) is 0 Å². The average molecular weight is 535 g/mol. The minimum absolute atomic E-state index is 0.0231. The van der Waals surface area contributed by atoms with Crippen molar-refractivity contribution in [1.29, 1.82) is 0 Å². The number of carbonyl (C=O) groups is 4. The maximum Gasteiger partial charge on any atom is 0.355 e. The molecular formula is C29H30N2O6S. The van der Waals surface area contributed by atoms with Crippen molar-refractivity contribution in [3.63, 3.8) is 0 Å². The number of thioether (sulfide) groups is 1. The Bertz CT molecular complexity index is 1260. The molecule has 2 aromatic carbocycles. The molecule has 1 N–H and O–H groups in total. The van der Waals surface area contributed by atoms with Crippen LogP contribution >= 0.6 is 11.8 Å². The lowest BCUT2D eigenvalue weighted by Gasteiger charge is -2.50. The van der Waals surface area contributed by atoms with Gasteiger partial charge in [-0.3, -0.25) is 19.3 Å². The molecule has 2 aliphatic heterocycles. The highest BCUT2D eigenvalue weighted by atomic mass is 32.2. The molecule has 2 heterocycles. The minimum Gasteiger partial charge on any atom is -0.497 e. The Morgan fingerprint density at radius 1 is 1.03 bits per heavy atom. The second-order valence-electron chi connectivity index (χ2n) is 9.68. The first-order chi connectivity index (χ1) is 18.5. The van der Waals surface area contributed by atoms with Crippen LogP contribution in [0, 0.1) is 5.92 Å². The predicted molar refractivity (Wildman–Crippen MR) is 142 cm³/mol. The van der Waals surface area contributed by atoms with E-state index in [9.17, 15) is 19.2 Å². The number of ether oxygens (including phenoxy) is 2. The van der Waals surface area contributed by atoms with Crippen LogP contribution in [0.15, 0.2) is 65.9 Å². The van der Waals surface area contributed by atoms with Crippen LogP contribution in [-0.2, 0) is 36.9 Å². The van der Waals surface area contributed by atoms with E-state index in [0.717, 1.165) is 24.0 Å². The zero-order chi connectivity index (χ0) is 26.6. The van der Waals surface area contributed by atoms with E-state index in [1.807, 2.05) is 30.3 Å². The molecular weight excluding hydrogens is 504 g/mol. The van der Waals surface area contributed by atoms with Gasteiger partial charge in [0.2, 0.25) is 5.91 Å². The van der Waals surface area contributed by atoms with E-state index in [1.54, 1.807) is 31.4 Å². The largest absolute Gasteiger partial charge is 0.497 e. The molecule has 9 heteroatoms. The van der Waals surface area contributed by atoms with Gasteiger partial charge in [-0.25, -0.2) is 4.79 Å². The van der Waals surface area contributed by atoms with Crippen molar-refractivity contribution in [2.75, 3.05) is 12.9 Å². The van der Waals surface area contributed by atoms with Crippen LogP contribution in [0.3, 0.4) is 0 Å². The third-order valence-corrected chi connectivity index (χ3v) is 8.52. The van der Waals surface area contributed by atoms with E-state index in [1.165, 1.54) is 16.7 Å². The summed E-state index contributed by atoms with van der Waals surface area (Å²) >= 11 is 1.48. The molecule has 1 unspecified atom stereocenters. The van der Waals surface area contributed by atoms with Crippen LogP contribution in [0.2, 0.25) is 0 Å². The number of rotatable bonds is 8. The van der Waals surface area contributed by atoms with E-state index in [0.29, 0.717) is 29.9 Å². The Hall–Kier alpha value is -3.59. The molecule has 3 atom stereocenters. The first-order valence-corrected chi connectivity index (χ1v) is 13.8. The van der Waals surface area contributed by atoms with Crippen molar-refractivity contribution < 1.29 is 28.7 Å². The van der Waals surface area contributed by atoms with Crippen LogP contribution in [0.1, 0.15) is 36.8 Å². The molecule has 3 aliphatic rings. The van der Waals surface area contributed by atoms with Gasteiger partial charge in [0.1, 0.15) is 35.3 Å². The van der Waals surface area contributed by atoms with Gasteiger partial charge in [-0.05, 0) is 41.7 Å². The number of nitrogens with one attached hydrogen (secondary N) is 1. The number of hydrogen-bond acceptors (Lipinski definition) is 7. The van der Waals surface area contributed by atoms with Crippen molar-refractivity contribution in [3.05, 3.63) is 77.0 Å². The van der Waals surface area contributed by atoms with Gasteiger partial charge in [0, 0.05) is 18.1 Å². The quantitative estimate of drug-likeness (QED) is 0.409. The van der Waals surface area contributed by atoms with Gasteiger partial charge < -0.3 is 14.8 Å². The highest BCUT2D eigenvalue weighted by molar-refractivity contribution is 8.00. The van der Waals surface area contributed by atoms with E-state index in [-0.39, 0.29) is 42.2 Å². The third kappa shape index (κ3) is 5.34. The van der Waals surface area contributed by atoms with E-state index in [2.05, 4.69) is 5.32 Å². The number of Topliss-reactive ketones (excluding diaryl/α,β-unsaturated/α-hetero) is 1. The first-order valence-electron chi connectivity index (χ1n) is 12.8. The van der Waals surface area contributed by atoms with Gasteiger partial charge >= 0.3 is 5.97 Å². The molecule has 198 valence electrons. The van der Waals surface area contributed by atoms with Crippen molar-refractivity contribution in [2.45, 2.75) is 50.1 Å². The lowest BCUT2D eigenvalue weighted by atomic mass is 9.81. The number of hydrogen-bond donors (Lipinski definition) is 1. The molecule has 1 saturated heterocycles. The highest BCUT2D eigenvalue weighted by Gasteiger charge is 2.55. The maximum atomic E-state index is 13.5. The smallest absolute Gasteiger partial charge is 0.355 e. The molecule has 1 saturated carbocycles. The summed E-state index contributed by atoms with van der Waals surface area (Å²) in [7, 11) is 1.58. The standard InChI is InChI=1S/C29H30N2O6S/c1-36-20-13-11-19(12-14-20)16-37-29(35)26-22(21-9-5-6-10-23(21)32)17-38-28-25(27(34)31(26)28)30-24(33)15-18-7-3-2-4-8-18/h2-4,7-8,11-14,21,25,28H,5-6,9-10,15-17H2,1H3,(H,30,33)/t21?,25-,28-/m1/s1. The van der Waals surface area contributed by atoms with Gasteiger partial charge in [-0.2, -0.15) is 0 Å². The average Bonchev–Trinajstić information content (AvgIpc) is 2.95. The van der Waals surface area contributed by atoms with Crippen LogP contribution in [-0.4, -0.2) is 52.7 Å².